The van der Waals surface area contributed by atoms with Gasteiger partial charge in [0.1, 0.15) is 0 Å². The minimum Gasteiger partial charge on any atom is -0.0701 e. The molecule has 0 amide bonds. The molecule has 0 N–H and O–H groups in total. The van der Waals surface area contributed by atoms with Gasteiger partial charge < -0.3 is 0 Å². The van der Waals surface area contributed by atoms with Crippen LogP contribution in [0.5, 0.6) is 0 Å². The van der Waals surface area contributed by atoms with E-state index < -0.39 is 0 Å². The zero-order valence-corrected chi connectivity index (χ0v) is 12.4. The molecule has 1 unspecified atom stereocenters. The van der Waals surface area contributed by atoms with E-state index in [0.29, 0.717) is 10.8 Å². The lowest BCUT2D eigenvalue weighted by molar-refractivity contribution is 0.0544. The molecule has 0 aromatic carbocycles. The van der Waals surface area contributed by atoms with Crippen LogP contribution in [0, 0.1) is 16.7 Å². The molecule has 0 heterocycles. The Balaban J connectivity index is 3.06. The standard InChI is InChI=1S/C16H30/c1-8-11-16(7,12(2)3)15(5,6)13(4)14-9-10-14/h12H,8-11H2,1-7H3. The second-order valence-corrected chi connectivity index (χ2v) is 6.68. The maximum absolute atomic E-state index is 2.49. The Morgan fingerprint density at radius 1 is 1.19 bits per heavy atom. The molecule has 0 saturated heterocycles. The third-order valence-corrected chi connectivity index (χ3v) is 5.44. The van der Waals surface area contributed by atoms with Crippen molar-refractivity contribution in [3.63, 3.8) is 0 Å². The fourth-order valence-electron chi connectivity index (χ4n) is 3.15. The zero-order valence-electron chi connectivity index (χ0n) is 12.4. The van der Waals surface area contributed by atoms with E-state index in [0.717, 1.165) is 5.92 Å². The lowest BCUT2D eigenvalue weighted by Gasteiger charge is -2.49. The Labute approximate surface area is 103 Å². The highest BCUT2D eigenvalue weighted by Crippen LogP contribution is 2.54. The minimum atomic E-state index is 0.350. The van der Waals surface area contributed by atoms with Crippen LogP contribution in [0.2, 0.25) is 0 Å². The fourth-order valence-corrected chi connectivity index (χ4v) is 3.15. The van der Waals surface area contributed by atoms with Gasteiger partial charge in [-0.3, -0.25) is 0 Å². The second-order valence-electron chi connectivity index (χ2n) is 6.68. The third-order valence-electron chi connectivity index (χ3n) is 5.44. The summed E-state index contributed by atoms with van der Waals surface area (Å²) in [4.78, 5) is 0. The van der Waals surface area contributed by atoms with Crippen molar-refractivity contribution in [1.82, 2.24) is 0 Å². The topological polar surface area (TPSA) is 0 Å². The van der Waals surface area contributed by atoms with E-state index in [1.165, 1.54) is 25.7 Å². The van der Waals surface area contributed by atoms with Gasteiger partial charge in [0.2, 0.25) is 0 Å². The molecule has 1 saturated carbocycles. The monoisotopic (exact) mass is 222 g/mol. The van der Waals surface area contributed by atoms with Gasteiger partial charge in [-0.2, -0.15) is 0 Å². The number of hydrogen-bond acceptors (Lipinski definition) is 0. The Hall–Kier alpha value is -0.260. The first-order valence-electron chi connectivity index (χ1n) is 6.96. The summed E-state index contributed by atoms with van der Waals surface area (Å²) in [6.45, 7) is 16.9. The lowest BCUT2D eigenvalue weighted by Crippen LogP contribution is -2.40. The normalized spacial score (nSPS) is 19.9. The van der Waals surface area contributed by atoms with Crippen LogP contribution >= 0.6 is 0 Å². The van der Waals surface area contributed by atoms with Crippen molar-refractivity contribution >= 4 is 0 Å². The SMILES string of the molecule is CCCC(C)(C(C)C)C(C)(C)C(C)=C1CC1. The van der Waals surface area contributed by atoms with E-state index in [1.807, 2.05) is 0 Å². The highest BCUT2D eigenvalue weighted by molar-refractivity contribution is 5.30. The summed E-state index contributed by atoms with van der Waals surface area (Å²) in [5.41, 5.74) is 4.19. The summed E-state index contributed by atoms with van der Waals surface area (Å²) in [6, 6.07) is 0. The molecule has 1 aliphatic rings. The average Bonchev–Trinajstić information content (AvgIpc) is 2.99. The van der Waals surface area contributed by atoms with E-state index in [4.69, 9.17) is 0 Å². The summed E-state index contributed by atoms with van der Waals surface area (Å²) in [7, 11) is 0. The Morgan fingerprint density at radius 3 is 2.00 bits per heavy atom. The quantitative estimate of drug-likeness (QED) is 0.532. The van der Waals surface area contributed by atoms with Gasteiger partial charge in [-0.15, -0.1) is 0 Å². The second kappa shape index (κ2) is 4.55. The van der Waals surface area contributed by atoms with Gasteiger partial charge in [0.25, 0.3) is 0 Å². The largest absolute Gasteiger partial charge is 0.0701 e. The van der Waals surface area contributed by atoms with Gasteiger partial charge in [-0.1, -0.05) is 59.1 Å². The molecule has 94 valence electrons. The van der Waals surface area contributed by atoms with Crippen molar-refractivity contribution in [2.24, 2.45) is 16.7 Å². The first-order chi connectivity index (χ1) is 7.27. The van der Waals surface area contributed by atoms with Crippen LogP contribution in [-0.2, 0) is 0 Å². The van der Waals surface area contributed by atoms with E-state index >= 15 is 0 Å². The van der Waals surface area contributed by atoms with Gasteiger partial charge >= 0.3 is 0 Å². The first kappa shape index (κ1) is 13.8. The summed E-state index contributed by atoms with van der Waals surface area (Å²) in [5, 5.41) is 0. The van der Waals surface area contributed by atoms with Crippen molar-refractivity contribution < 1.29 is 0 Å². The molecule has 0 bridgehead atoms. The molecule has 1 atom stereocenters. The molecular weight excluding hydrogens is 192 g/mol. The number of hydrogen-bond donors (Lipinski definition) is 0. The first-order valence-corrected chi connectivity index (χ1v) is 6.96. The Kier molecular flexibility index (Phi) is 3.92. The third kappa shape index (κ3) is 2.21. The molecule has 0 aromatic heterocycles. The number of rotatable bonds is 5. The van der Waals surface area contributed by atoms with E-state index in [-0.39, 0.29) is 0 Å². The maximum Gasteiger partial charge on any atom is -0.00886 e. The predicted octanol–water partition coefficient (Wildman–Crippen LogP) is 5.59. The summed E-state index contributed by atoms with van der Waals surface area (Å²) < 4.78 is 0. The average molecular weight is 222 g/mol. The van der Waals surface area contributed by atoms with Crippen molar-refractivity contribution in [1.29, 1.82) is 0 Å². The molecule has 1 fully saturated rings. The Bertz CT molecular complexity index is 274. The van der Waals surface area contributed by atoms with E-state index in [1.54, 1.807) is 11.1 Å². The van der Waals surface area contributed by atoms with Crippen molar-refractivity contribution in [2.45, 2.75) is 74.1 Å². The molecule has 0 radical (unpaired) electrons. The van der Waals surface area contributed by atoms with Crippen LogP contribution < -0.4 is 0 Å². The van der Waals surface area contributed by atoms with Gasteiger partial charge in [-0.05, 0) is 42.9 Å². The van der Waals surface area contributed by atoms with Crippen LogP contribution in [0.15, 0.2) is 11.1 Å². The summed E-state index contributed by atoms with van der Waals surface area (Å²) in [5.74, 6) is 0.747. The maximum atomic E-state index is 2.49. The lowest BCUT2D eigenvalue weighted by atomic mass is 9.56. The van der Waals surface area contributed by atoms with Gasteiger partial charge in [0.05, 0.1) is 0 Å². The van der Waals surface area contributed by atoms with Gasteiger partial charge in [0.15, 0.2) is 0 Å². The molecule has 0 spiro atoms. The van der Waals surface area contributed by atoms with Crippen molar-refractivity contribution in [3.8, 4) is 0 Å². The van der Waals surface area contributed by atoms with E-state index in [2.05, 4.69) is 48.5 Å². The fraction of sp³-hybridized carbons (Fsp3) is 0.875. The summed E-state index contributed by atoms with van der Waals surface area (Å²) in [6.07, 6.45) is 5.34. The molecule has 0 nitrogen and oxygen atoms in total. The Morgan fingerprint density at radius 2 is 1.69 bits per heavy atom. The minimum absolute atomic E-state index is 0.350. The molecule has 0 aliphatic heterocycles. The molecule has 1 rings (SSSR count). The van der Waals surface area contributed by atoms with Crippen molar-refractivity contribution in [3.05, 3.63) is 11.1 Å². The molecule has 16 heavy (non-hydrogen) atoms. The molecule has 1 aliphatic carbocycles. The van der Waals surface area contributed by atoms with Crippen LogP contribution in [0.3, 0.4) is 0 Å². The van der Waals surface area contributed by atoms with Gasteiger partial charge in [-0.25, -0.2) is 0 Å². The van der Waals surface area contributed by atoms with Crippen molar-refractivity contribution in [2.75, 3.05) is 0 Å². The molecular formula is C16H30. The molecule has 0 heteroatoms. The zero-order chi connectivity index (χ0) is 12.6. The highest BCUT2D eigenvalue weighted by atomic mass is 14.5. The number of allylic oxidation sites excluding steroid dienone is 2. The van der Waals surface area contributed by atoms with E-state index in [9.17, 15) is 0 Å². The predicted molar refractivity (Wildman–Crippen MR) is 73.6 cm³/mol. The van der Waals surface area contributed by atoms with Crippen LogP contribution in [0.25, 0.3) is 0 Å². The highest BCUT2D eigenvalue weighted by Gasteiger charge is 2.44. The van der Waals surface area contributed by atoms with Crippen LogP contribution in [0.1, 0.15) is 74.1 Å². The van der Waals surface area contributed by atoms with Gasteiger partial charge in [0, 0.05) is 0 Å². The summed E-state index contributed by atoms with van der Waals surface area (Å²) >= 11 is 0. The van der Waals surface area contributed by atoms with Crippen LogP contribution in [-0.4, -0.2) is 0 Å². The van der Waals surface area contributed by atoms with Crippen LogP contribution in [0.4, 0.5) is 0 Å². The smallest absolute Gasteiger partial charge is 0.00886 e. The molecule has 0 aromatic rings.